The van der Waals surface area contributed by atoms with Crippen LogP contribution in [0.4, 0.5) is 0 Å². The molecule has 0 aliphatic heterocycles. The predicted octanol–water partition coefficient (Wildman–Crippen LogP) is 1.15. The van der Waals surface area contributed by atoms with Gasteiger partial charge in [-0.05, 0) is 12.1 Å². The number of carboxylic acid groups (broad SMARTS) is 1. The number of benzene rings is 1. The normalized spacial score (nSPS) is 9.42. The van der Waals surface area contributed by atoms with Gasteiger partial charge in [-0.25, -0.2) is 4.79 Å². The number of hydrogen-bond donors (Lipinski definition) is 1. The number of carboxylic acids is 1. The Kier molecular flexibility index (Phi) is 2.91. The van der Waals surface area contributed by atoms with E-state index in [4.69, 9.17) is 5.11 Å². The van der Waals surface area contributed by atoms with E-state index in [1.54, 1.807) is 12.1 Å². The molecule has 1 aromatic carbocycles. The third-order valence-electron chi connectivity index (χ3n) is 1.60. The van der Waals surface area contributed by atoms with E-state index in [9.17, 15) is 4.79 Å². The quantitative estimate of drug-likeness (QED) is 0.675. The van der Waals surface area contributed by atoms with Crippen molar-refractivity contribution in [1.82, 2.24) is 0 Å². The second-order valence-corrected chi connectivity index (χ2v) is 2.54. The van der Waals surface area contributed by atoms with Crippen LogP contribution in [0.2, 0.25) is 6.32 Å². The van der Waals surface area contributed by atoms with Crippen LogP contribution in [0.3, 0.4) is 0 Å². The van der Waals surface area contributed by atoms with Crippen LogP contribution in [0.15, 0.2) is 24.3 Å². The average molecular weight is 161 g/mol. The lowest BCUT2D eigenvalue weighted by Gasteiger charge is -1.97. The van der Waals surface area contributed by atoms with Gasteiger partial charge in [-0.1, -0.05) is 30.8 Å². The highest BCUT2D eigenvalue weighted by atomic mass is 16.4. The minimum atomic E-state index is -0.877. The van der Waals surface area contributed by atoms with Crippen LogP contribution in [-0.4, -0.2) is 18.4 Å². The summed E-state index contributed by atoms with van der Waals surface area (Å²) >= 11 is 0. The van der Waals surface area contributed by atoms with Crippen molar-refractivity contribution in [3.63, 3.8) is 0 Å². The summed E-state index contributed by atoms with van der Waals surface area (Å²) < 4.78 is 0. The van der Waals surface area contributed by atoms with E-state index < -0.39 is 5.97 Å². The molecule has 2 nitrogen and oxygen atoms in total. The van der Waals surface area contributed by atoms with Gasteiger partial charge in [0.25, 0.3) is 0 Å². The summed E-state index contributed by atoms with van der Waals surface area (Å²) in [5.41, 5.74) is 1.41. The molecule has 0 unspecified atom stereocenters. The van der Waals surface area contributed by atoms with Crippen molar-refractivity contribution in [2.45, 2.75) is 13.2 Å². The standard InChI is InChI=1S/C9H10BO2/c1-2-10-8-5-3-7(4-6-8)9(11)12/h3-6H,2H2,1H3,(H,11,12). The van der Waals surface area contributed by atoms with Crippen molar-refractivity contribution >= 4 is 18.7 Å². The Bertz CT molecular complexity index is 266. The van der Waals surface area contributed by atoms with Gasteiger partial charge >= 0.3 is 5.97 Å². The van der Waals surface area contributed by atoms with E-state index in [0.29, 0.717) is 5.56 Å². The summed E-state index contributed by atoms with van der Waals surface area (Å²) in [5.74, 6) is -0.877. The molecule has 0 spiro atoms. The molecule has 0 amide bonds. The molecule has 1 aromatic rings. The zero-order valence-electron chi connectivity index (χ0n) is 6.95. The molecule has 0 aromatic heterocycles. The van der Waals surface area contributed by atoms with Gasteiger partial charge in [-0.15, -0.1) is 0 Å². The maximum absolute atomic E-state index is 10.5. The highest BCUT2D eigenvalue weighted by molar-refractivity contribution is 6.53. The maximum Gasteiger partial charge on any atom is 0.335 e. The maximum atomic E-state index is 10.5. The molecular weight excluding hydrogens is 151 g/mol. The molecule has 0 heterocycles. The summed E-state index contributed by atoms with van der Waals surface area (Å²) in [6, 6.07) is 6.85. The molecule has 0 saturated heterocycles. The number of carbonyl (C=O) groups is 1. The molecule has 0 atom stereocenters. The van der Waals surface area contributed by atoms with Crippen molar-refractivity contribution < 1.29 is 9.90 Å². The lowest BCUT2D eigenvalue weighted by molar-refractivity contribution is 0.0697. The van der Waals surface area contributed by atoms with E-state index in [0.717, 1.165) is 11.8 Å². The first-order valence-electron chi connectivity index (χ1n) is 3.90. The monoisotopic (exact) mass is 161 g/mol. The van der Waals surface area contributed by atoms with Crippen molar-refractivity contribution in [3.05, 3.63) is 29.8 Å². The topological polar surface area (TPSA) is 37.3 Å². The fourth-order valence-electron chi connectivity index (χ4n) is 0.997. The fourth-order valence-corrected chi connectivity index (χ4v) is 0.997. The highest BCUT2D eigenvalue weighted by Crippen LogP contribution is 1.96. The van der Waals surface area contributed by atoms with Crippen LogP contribution in [0, 0.1) is 0 Å². The molecule has 1 radical (unpaired) electrons. The average Bonchev–Trinajstić information content (AvgIpc) is 2.06. The summed E-state index contributed by atoms with van der Waals surface area (Å²) in [7, 11) is 2.05. The van der Waals surface area contributed by atoms with Gasteiger partial charge in [0.15, 0.2) is 7.28 Å². The smallest absolute Gasteiger partial charge is 0.335 e. The van der Waals surface area contributed by atoms with E-state index in [-0.39, 0.29) is 0 Å². The van der Waals surface area contributed by atoms with Gasteiger partial charge in [0, 0.05) is 0 Å². The highest BCUT2D eigenvalue weighted by Gasteiger charge is 2.00. The summed E-state index contributed by atoms with van der Waals surface area (Å²) in [6.45, 7) is 2.05. The third-order valence-corrected chi connectivity index (χ3v) is 1.60. The van der Waals surface area contributed by atoms with Crippen molar-refractivity contribution in [2.24, 2.45) is 0 Å². The van der Waals surface area contributed by atoms with Gasteiger partial charge in [-0.3, -0.25) is 0 Å². The first kappa shape index (κ1) is 8.85. The van der Waals surface area contributed by atoms with Crippen molar-refractivity contribution in [2.75, 3.05) is 0 Å². The van der Waals surface area contributed by atoms with Gasteiger partial charge < -0.3 is 5.11 Å². The van der Waals surface area contributed by atoms with E-state index in [1.165, 1.54) is 0 Å². The Morgan fingerprint density at radius 2 is 2.00 bits per heavy atom. The Morgan fingerprint density at radius 3 is 2.42 bits per heavy atom. The summed E-state index contributed by atoms with van der Waals surface area (Å²) in [6.07, 6.45) is 0.965. The summed E-state index contributed by atoms with van der Waals surface area (Å²) in [5, 5.41) is 8.60. The lowest BCUT2D eigenvalue weighted by atomic mass is 9.68. The zero-order chi connectivity index (χ0) is 8.97. The second kappa shape index (κ2) is 3.95. The first-order valence-corrected chi connectivity index (χ1v) is 3.90. The Hall–Kier alpha value is -1.25. The van der Waals surface area contributed by atoms with Crippen LogP contribution >= 0.6 is 0 Å². The number of rotatable bonds is 3. The largest absolute Gasteiger partial charge is 0.478 e. The Balaban J connectivity index is 2.78. The molecule has 12 heavy (non-hydrogen) atoms. The van der Waals surface area contributed by atoms with E-state index in [2.05, 4.69) is 0 Å². The predicted molar refractivity (Wildman–Crippen MR) is 49.3 cm³/mol. The Labute approximate surface area is 72.5 Å². The fraction of sp³-hybridized carbons (Fsp3) is 0.222. The molecule has 1 N–H and O–H groups in total. The van der Waals surface area contributed by atoms with Crippen molar-refractivity contribution in [1.29, 1.82) is 0 Å². The molecule has 0 saturated carbocycles. The lowest BCUT2D eigenvalue weighted by Crippen LogP contribution is -2.12. The third kappa shape index (κ3) is 2.12. The minimum Gasteiger partial charge on any atom is -0.478 e. The van der Waals surface area contributed by atoms with Crippen LogP contribution in [0.5, 0.6) is 0 Å². The van der Waals surface area contributed by atoms with Gasteiger partial charge in [0.2, 0.25) is 0 Å². The second-order valence-electron chi connectivity index (χ2n) is 2.54. The van der Waals surface area contributed by atoms with E-state index >= 15 is 0 Å². The van der Waals surface area contributed by atoms with Gasteiger partial charge in [0.1, 0.15) is 0 Å². The molecule has 0 aliphatic carbocycles. The zero-order valence-corrected chi connectivity index (χ0v) is 6.95. The molecular formula is C9H10BO2. The molecule has 1 rings (SSSR count). The van der Waals surface area contributed by atoms with Crippen LogP contribution < -0.4 is 5.46 Å². The minimum absolute atomic E-state index is 0.336. The Morgan fingerprint density at radius 1 is 1.42 bits per heavy atom. The van der Waals surface area contributed by atoms with Crippen LogP contribution in [0.25, 0.3) is 0 Å². The molecule has 3 heteroatoms. The number of hydrogen-bond acceptors (Lipinski definition) is 1. The van der Waals surface area contributed by atoms with Crippen LogP contribution in [0.1, 0.15) is 17.3 Å². The number of aromatic carboxylic acids is 1. The molecule has 61 valence electrons. The SMILES string of the molecule is CC[B]c1ccc(C(=O)O)cc1. The van der Waals surface area contributed by atoms with E-state index in [1.807, 2.05) is 26.3 Å². The van der Waals surface area contributed by atoms with Crippen molar-refractivity contribution in [3.8, 4) is 0 Å². The van der Waals surface area contributed by atoms with Gasteiger partial charge in [-0.2, -0.15) is 0 Å². The molecule has 0 fully saturated rings. The first-order chi connectivity index (χ1) is 5.74. The molecule has 0 bridgehead atoms. The summed E-state index contributed by atoms with van der Waals surface area (Å²) in [4.78, 5) is 10.5. The molecule has 0 aliphatic rings. The van der Waals surface area contributed by atoms with Crippen LogP contribution in [-0.2, 0) is 0 Å². The van der Waals surface area contributed by atoms with Gasteiger partial charge in [0.05, 0.1) is 5.56 Å².